The van der Waals surface area contributed by atoms with E-state index < -0.39 is 16.9 Å². The minimum atomic E-state index is -0.547. The molecule has 0 saturated carbocycles. The van der Waals surface area contributed by atoms with E-state index in [0.717, 1.165) is 15.7 Å². The summed E-state index contributed by atoms with van der Waals surface area (Å²) in [7, 11) is 1.76. The first-order valence-electron chi connectivity index (χ1n) is 11.7. The number of hydrogen-bond donors (Lipinski definition) is 2. The SMILES string of the molecule is CC(C)[C@H](NC(=O)c1cccc([N+](=O)[O-])c1)c1nnc(SCC(=O)Nc2nc(-c3ccc(Br)cc3)cs2)n1C. The number of amides is 2. The highest BCUT2D eigenvalue weighted by molar-refractivity contribution is 9.10. The highest BCUT2D eigenvalue weighted by Gasteiger charge is 2.26. The van der Waals surface area contributed by atoms with E-state index in [9.17, 15) is 19.7 Å². The summed E-state index contributed by atoms with van der Waals surface area (Å²) in [6, 6.07) is 12.8. The van der Waals surface area contributed by atoms with Crippen LogP contribution in [-0.2, 0) is 11.8 Å². The van der Waals surface area contributed by atoms with Gasteiger partial charge in [0.15, 0.2) is 16.1 Å². The molecule has 2 N–H and O–H groups in total. The summed E-state index contributed by atoms with van der Waals surface area (Å²) in [6.07, 6.45) is 0. The minimum Gasteiger partial charge on any atom is -0.342 e. The second kappa shape index (κ2) is 12.5. The zero-order valence-corrected chi connectivity index (χ0v) is 24.3. The number of nitrogens with zero attached hydrogens (tertiary/aromatic N) is 5. The molecule has 1 atom stereocenters. The minimum absolute atomic E-state index is 0.0541. The van der Waals surface area contributed by atoms with Crippen LogP contribution in [0.25, 0.3) is 11.3 Å². The number of nitrogens with one attached hydrogen (secondary N) is 2. The van der Waals surface area contributed by atoms with Crippen molar-refractivity contribution < 1.29 is 14.5 Å². The lowest BCUT2D eigenvalue weighted by Gasteiger charge is -2.21. The van der Waals surface area contributed by atoms with Gasteiger partial charge in [0.25, 0.3) is 11.6 Å². The molecule has 0 unspecified atom stereocenters. The van der Waals surface area contributed by atoms with Crippen molar-refractivity contribution in [2.75, 3.05) is 11.1 Å². The van der Waals surface area contributed by atoms with Gasteiger partial charge >= 0.3 is 0 Å². The Hall–Kier alpha value is -3.62. The Morgan fingerprint density at radius 1 is 1.18 bits per heavy atom. The first-order valence-corrected chi connectivity index (χ1v) is 14.4. The van der Waals surface area contributed by atoms with E-state index in [4.69, 9.17) is 0 Å². The molecule has 0 bridgehead atoms. The molecule has 11 nitrogen and oxygen atoms in total. The van der Waals surface area contributed by atoms with Crippen LogP contribution >= 0.6 is 39.0 Å². The van der Waals surface area contributed by atoms with Crippen LogP contribution in [0.15, 0.2) is 63.5 Å². The number of hydrogen-bond acceptors (Lipinski definition) is 9. The Balaban J connectivity index is 1.38. The van der Waals surface area contributed by atoms with Gasteiger partial charge in [-0.25, -0.2) is 4.98 Å². The summed E-state index contributed by atoms with van der Waals surface area (Å²) < 4.78 is 2.70. The van der Waals surface area contributed by atoms with Gasteiger partial charge in [0.05, 0.1) is 22.4 Å². The lowest BCUT2D eigenvalue weighted by molar-refractivity contribution is -0.384. The predicted molar refractivity (Wildman–Crippen MR) is 154 cm³/mol. The van der Waals surface area contributed by atoms with Gasteiger partial charge in [0.2, 0.25) is 5.91 Å². The molecule has 2 aromatic carbocycles. The zero-order chi connectivity index (χ0) is 28.1. The van der Waals surface area contributed by atoms with Gasteiger partial charge in [0, 0.05) is 40.2 Å². The van der Waals surface area contributed by atoms with Gasteiger partial charge in [0.1, 0.15) is 0 Å². The average molecular weight is 631 g/mol. The van der Waals surface area contributed by atoms with Gasteiger partial charge < -0.3 is 15.2 Å². The molecule has 14 heteroatoms. The van der Waals surface area contributed by atoms with Gasteiger partial charge in [-0.2, -0.15) is 0 Å². The van der Waals surface area contributed by atoms with E-state index in [1.165, 1.54) is 47.4 Å². The number of benzene rings is 2. The Morgan fingerprint density at radius 2 is 1.92 bits per heavy atom. The molecular weight excluding hydrogens is 606 g/mol. The summed E-state index contributed by atoms with van der Waals surface area (Å²) in [5.74, 6) is -0.154. The van der Waals surface area contributed by atoms with Crippen LogP contribution in [-0.4, -0.2) is 42.2 Å². The Bertz CT molecular complexity index is 1500. The Labute approximate surface area is 240 Å². The number of nitro groups is 1. The third-order valence-corrected chi connectivity index (χ3v) is 7.95. The maximum Gasteiger partial charge on any atom is 0.270 e. The van der Waals surface area contributed by atoms with Crippen molar-refractivity contribution in [1.29, 1.82) is 0 Å². The topological polar surface area (TPSA) is 145 Å². The van der Waals surface area contributed by atoms with Crippen molar-refractivity contribution in [3.8, 4) is 11.3 Å². The standard InChI is InChI=1S/C25H24BrN7O4S2/c1-14(2)21(29-23(35)16-5-4-6-18(11-16)33(36)37)22-30-31-25(32(22)3)39-13-20(34)28-24-27-19(12-38-24)15-7-9-17(26)10-8-15/h4-12,14,21H,13H2,1-3H3,(H,29,35)(H,27,28,34)/t21-/m0/s1. The third kappa shape index (κ3) is 7.07. The van der Waals surface area contributed by atoms with E-state index in [1.54, 1.807) is 11.6 Å². The fourth-order valence-corrected chi connectivity index (χ4v) is 5.33. The number of non-ortho nitro benzene ring substituents is 1. The van der Waals surface area contributed by atoms with Crippen LogP contribution in [0, 0.1) is 16.0 Å². The first kappa shape index (κ1) is 28.4. The molecule has 4 aromatic rings. The number of thioether (sulfide) groups is 1. The average Bonchev–Trinajstić information content (AvgIpc) is 3.52. The van der Waals surface area contributed by atoms with E-state index >= 15 is 0 Å². The fraction of sp³-hybridized carbons (Fsp3) is 0.240. The van der Waals surface area contributed by atoms with E-state index in [-0.39, 0.29) is 28.8 Å². The normalized spacial score (nSPS) is 11.8. The maximum absolute atomic E-state index is 12.9. The Kier molecular flexibility index (Phi) is 9.09. The number of halogens is 1. The van der Waals surface area contributed by atoms with Crippen molar-refractivity contribution in [2.45, 2.75) is 25.0 Å². The molecule has 0 aliphatic rings. The van der Waals surface area contributed by atoms with E-state index in [1.807, 2.05) is 43.5 Å². The van der Waals surface area contributed by atoms with E-state index in [0.29, 0.717) is 16.1 Å². The summed E-state index contributed by atoms with van der Waals surface area (Å²) >= 11 is 5.97. The molecule has 2 aromatic heterocycles. The second-order valence-electron chi connectivity index (χ2n) is 8.78. The molecule has 0 aliphatic heterocycles. The molecule has 0 fully saturated rings. The third-order valence-electron chi connectivity index (χ3n) is 5.64. The lowest BCUT2D eigenvalue weighted by Crippen LogP contribution is -2.33. The van der Waals surface area contributed by atoms with Crippen LogP contribution < -0.4 is 10.6 Å². The van der Waals surface area contributed by atoms with Crippen LogP contribution in [0.1, 0.15) is 36.1 Å². The van der Waals surface area contributed by atoms with Crippen molar-refractivity contribution in [3.05, 3.63) is 79.9 Å². The molecular formula is C25H24BrN7O4S2. The highest BCUT2D eigenvalue weighted by Crippen LogP contribution is 2.27. The number of aromatic nitrogens is 4. The molecule has 0 radical (unpaired) electrons. The largest absolute Gasteiger partial charge is 0.342 e. The van der Waals surface area contributed by atoms with Gasteiger partial charge in [-0.1, -0.05) is 59.7 Å². The van der Waals surface area contributed by atoms with Crippen LogP contribution in [0.5, 0.6) is 0 Å². The smallest absolute Gasteiger partial charge is 0.270 e. The number of anilines is 1. The van der Waals surface area contributed by atoms with Crippen molar-refractivity contribution in [3.63, 3.8) is 0 Å². The molecule has 4 rings (SSSR count). The summed E-state index contributed by atoms with van der Waals surface area (Å²) in [4.78, 5) is 40.5. The van der Waals surface area contributed by atoms with Crippen LogP contribution in [0.4, 0.5) is 10.8 Å². The van der Waals surface area contributed by atoms with Crippen molar-refractivity contribution in [2.24, 2.45) is 13.0 Å². The van der Waals surface area contributed by atoms with Gasteiger partial charge in [-0.05, 0) is 24.1 Å². The van der Waals surface area contributed by atoms with Gasteiger partial charge in [-0.3, -0.25) is 19.7 Å². The maximum atomic E-state index is 12.9. The molecule has 39 heavy (non-hydrogen) atoms. The zero-order valence-electron chi connectivity index (χ0n) is 21.1. The number of thiazole rings is 1. The fourth-order valence-electron chi connectivity index (χ4n) is 3.61. The molecule has 0 spiro atoms. The first-order chi connectivity index (χ1) is 18.6. The van der Waals surface area contributed by atoms with Crippen LogP contribution in [0.2, 0.25) is 0 Å². The number of carbonyl (C=O) groups excluding carboxylic acids is 2. The molecule has 0 saturated heterocycles. The molecule has 202 valence electrons. The van der Waals surface area contributed by atoms with Crippen molar-refractivity contribution in [1.82, 2.24) is 25.1 Å². The molecule has 2 heterocycles. The highest BCUT2D eigenvalue weighted by atomic mass is 79.9. The number of nitro benzene ring substituents is 1. The van der Waals surface area contributed by atoms with Gasteiger partial charge in [-0.15, -0.1) is 21.5 Å². The quantitative estimate of drug-likeness (QED) is 0.133. The lowest BCUT2D eigenvalue weighted by atomic mass is 10.0. The Morgan fingerprint density at radius 3 is 2.62 bits per heavy atom. The summed E-state index contributed by atoms with van der Waals surface area (Å²) in [5, 5.41) is 28.1. The summed E-state index contributed by atoms with van der Waals surface area (Å²) in [5.41, 5.74) is 1.74. The molecule has 2 amide bonds. The summed E-state index contributed by atoms with van der Waals surface area (Å²) in [6.45, 7) is 3.84. The number of rotatable bonds is 10. The molecule has 0 aliphatic carbocycles. The van der Waals surface area contributed by atoms with E-state index in [2.05, 4.69) is 41.7 Å². The number of carbonyl (C=O) groups is 2. The van der Waals surface area contributed by atoms with Crippen molar-refractivity contribution >= 4 is 61.7 Å². The predicted octanol–water partition coefficient (Wildman–Crippen LogP) is 5.47. The van der Waals surface area contributed by atoms with Crippen LogP contribution in [0.3, 0.4) is 0 Å². The monoisotopic (exact) mass is 629 g/mol. The second-order valence-corrected chi connectivity index (χ2v) is 11.5.